The second kappa shape index (κ2) is 13.9. The topological polar surface area (TPSA) is 97.6 Å². The van der Waals surface area contributed by atoms with Crippen LogP contribution in [0.15, 0.2) is 80.1 Å². The van der Waals surface area contributed by atoms with E-state index in [0.717, 1.165) is 5.56 Å². The number of aromatic nitrogens is 1. The number of esters is 1. The van der Waals surface area contributed by atoms with Gasteiger partial charge in [-0.2, -0.15) is 0 Å². The number of allylic oxidation sites excluding steroid dienone is 1. The predicted molar refractivity (Wildman–Crippen MR) is 176 cm³/mol. The molecular formula is C33H30BrClN2O7S. The monoisotopic (exact) mass is 712 g/mol. The summed E-state index contributed by atoms with van der Waals surface area (Å²) in [6.07, 6.45) is 1.75. The van der Waals surface area contributed by atoms with Crippen LogP contribution in [-0.2, 0) is 16.1 Å². The molecule has 234 valence electrons. The van der Waals surface area contributed by atoms with Crippen LogP contribution < -0.4 is 33.8 Å². The van der Waals surface area contributed by atoms with Crippen molar-refractivity contribution in [3.8, 4) is 23.0 Å². The lowest BCUT2D eigenvalue weighted by Gasteiger charge is -2.26. The summed E-state index contributed by atoms with van der Waals surface area (Å²) in [5.41, 5.74) is 2.49. The van der Waals surface area contributed by atoms with Crippen LogP contribution in [0.1, 0.15) is 36.6 Å². The number of thiazole rings is 1. The molecule has 12 heteroatoms. The third kappa shape index (κ3) is 6.51. The third-order valence-electron chi connectivity index (χ3n) is 7.13. The van der Waals surface area contributed by atoms with Crippen LogP contribution in [0.25, 0.3) is 6.08 Å². The van der Waals surface area contributed by atoms with E-state index < -0.39 is 12.0 Å². The summed E-state index contributed by atoms with van der Waals surface area (Å²) < 4.78 is 30.7. The molecule has 9 nitrogen and oxygen atoms in total. The molecule has 0 aliphatic carbocycles. The predicted octanol–water partition coefficient (Wildman–Crippen LogP) is 5.82. The van der Waals surface area contributed by atoms with Crippen molar-refractivity contribution in [2.75, 3.05) is 27.9 Å². The lowest BCUT2D eigenvalue weighted by Crippen LogP contribution is -2.40. The van der Waals surface area contributed by atoms with Gasteiger partial charge in [-0.3, -0.25) is 9.36 Å². The van der Waals surface area contributed by atoms with Crippen molar-refractivity contribution >= 4 is 50.9 Å². The normalized spacial score (nSPS) is 14.5. The molecule has 4 aromatic rings. The minimum absolute atomic E-state index is 0.168. The van der Waals surface area contributed by atoms with Crippen molar-refractivity contribution in [1.82, 2.24) is 4.57 Å². The van der Waals surface area contributed by atoms with Crippen molar-refractivity contribution < 1.29 is 28.5 Å². The zero-order valence-corrected chi connectivity index (χ0v) is 28.3. The first-order valence-electron chi connectivity index (χ1n) is 13.9. The van der Waals surface area contributed by atoms with Gasteiger partial charge in [0.1, 0.15) is 24.1 Å². The Balaban J connectivity index is 1.62. The van der Waals surface area contributed by atoms with Crippen molar-refractivity contribution in [2.45, 2.75) is 26.5 Å². The quantitative estimate of drug-likeness (QED) is 0.191. The highest BCUT2D eigenvalue weighted by molar-refractivity contribution is 9.10. The molecule has 0 spiro atoms. The number of benzene rings is 3. The fourth-order valence-electron chi connectivity index (χ4n) is 5.01. The van der Waals surface area contributed by atoms with Gasteiger partial charge in [0.25, 0.3) is 5.56 Å². The van der Waals surface area contributed by atoms with Crippen LogP contribution in [0.2, 0.25) is 5.02 Å². The average Bonchev–Trinajstić information content (AvgIpc) is 3.33. The molecule has 0 saturated heterocycles. The lowest BCUT2D eigenvalue weighted by molar-refractivity contribution is -0.139. The zero-order valence-electron chi connectivity index (χ0n) is 25.2. The summed E-state index contributed by atoms with van der Waals surface area (Å²) in [6, 6.07) is 15.5. The number of fused-ring (bicyclic) bond motifs is 1. The van der Waals surface area contributed by atoms with Gasteiger partial charge in [-0.05, 0) is 71.7 Å². The van der Waals surface area contributed by atoms with E-state index in [1.165, 1.54) is 23.0 Å². The fourth-order valence-corrected chi connectivity index (χ4v) is 6.82. The molecule has 0 amide bonds. The maximum atomic E-state index is 14.1. The SMILES string of the molecule is CCOC(=O)C1=C(C)N=c2s/c(=C\c3cc(Br)c(OCc4ccccc4Cl)c(OC)c3)c(=O)n2[C@H]1c1ccc(OC)cc1OC. The maximum absolute atomic E-state index is 14.1. The first-order valence-corrected chi connectivity index (χ1v) is 15.8. The van der Waals surface area contributed by atoms with E-state index in [9.17, 15) is 9.59 Å². The van der Waals surface area contributed by atoms with Crippen LogP contribution in [0, 0.1) is 0 Å². The lowest BCUT2D eigenvalue weighted by atomic mass is 9.95. The molecule has 0 fully saturated rings. The van der Waals surface area contributed by atoms with Gasteiger partial charge in [-0.1, -0.05) is 41.1 Å². The Bertz CT molecular complexity index is 1990. The van der Waals surface area contributed by atoms with Gasteiger partial charge >= 0.3 is 5.97 Å². The molecule has 45 heavy (non-hydrogen) atoms. The number of ether oxygens (including phenoxy) is 5. The van der Waals surface area contributed by atoms with Crippen molar-refractivity contribution in [2.24, 2.45) is 4.99 Å². The summed E-state index contributed by atoms with van der Waals surface area (Å²) >= 11 is 11.1. The van der Waals surface area contributed by atoms with Crippen molar-refractivity contribution in [1.29, 1.82) is 0 Å². The number of rotatable bonds is 10. The smallest absolute Gasteiger partial charge is 0.338 e. The molecule has 1 aliphatic heterocycles. The molecule has 2 heterocycles. The van der Waals surface area contributed by atoms with Crippen LogP contribution in [-0.4, -0.2) is 38.5 Å². The highest BCUT2D eigenvalue weighted by Gasteiger charge is 2.35. The number of hydrogen-bond donors (Lipinski definition) is 0. The second-order valence-corrected chi connectivity index (χ2v) is 12.1. The van der Waals surface area contributed by atoms with E-state index in [1.807, 2.05) is 24.3 Å². The molecule has 1 aromatic heterocycles. The van der Waals surface area contributed by atoms with Crippen LogP contribution >= 0.6 is 38.9 Å². The van der Waals surface area contributed by atoms with Crippen molar-refractivity contribution in [3.05, 3.63) is 112 Å². The number of carbonyl (C=O) groups is 1. The molecule has 0 bridgehead atoms. The standard InChI is InChI=1S/C33H30BrClN2O7S/c1-6-43-32(39)28-18(2)36-33-37(29(28)22-12-11-21(40-3)16-25(22)41-4)31(38)27(45-33)15-19-13-23(34)30(26(14-19)42-5)44-17-20-9-7-8-10-24(20)35/h7-16,29H,6,17H2,1-5H3/b27-15-/t29-/m0/s1. The number of nitrogens with zero attached hydrogens (tertiary/aromatic N) is 2. The Labute approximate surface area is 277 Å². The van der Waals surface area contributed by atoms with E-state index in [1.54, 1.807) is 64.5 Å². The summed E-state index contributed by atoms with van der Waals surface area (Å²) in [7, 11) is 4.62. The van der Waals surface area contributed by atoms with Gasteiger partial charge in [-0.15, -0.1) is 0 Å². The largest absolute Gasteiger partial charge is 0.497 e. The molecular weight excluding hydrogens is 684 g/mol. The molecule has 0 saturated carbocycles. The minimum Gasteiger partial charge on any atom is -0.497 e. The molecule has 5 rings (SSSR count). The van der Waals surface area contributed by atoms with E-state index in [-0.39, 0.29) is 24.3 Å². The Kier molecular flexibility index (Phi) is 10.0. The second-order valence-electron chi connectivity index (χ2n) is 9.82. The maximum Gasteiger partial charge on any atom is 0.338 e. The number of hydrogen-bond acceptors (Lipinski definition) is 9. The number of methoxy groups -OCH3 is 3. The molecule has 1 atom stereocenters. The molecule has 3 aromatic carbocycles. The van der Waals surface area contributed by atoms with Gasteiger partial charge in [0.05, 0.1) is 48.2 Å². The van der Waals surface area contributed by atoms with E-state index in [0.29, 0.717) is 58.7 Å². The van der Waals surface area contributed by atoms with Crippen LogP contribution in [0.5, 0.6) is 23.0 Å². The molecule has 1 aliphatic rings. The summed E-state index contributed by atoms with van der Waals surface area (Å²) in [5.74, 6) is 1.43. The summed E-state index contributed by atoms with van der Waals surface area (Å²) in [4.78, 5) is 32.5. The molecule has 0 radical (unpaired) electrons. The Morgan fingerprint density at radius 3 is 2.51 bits per heavy atom. The third-order valence-corrected chi connectivity index (χ3v) is 9.07. The minimum atomic E-state index is -0.842. The van der Waals surface area contributed by atoms with Gasteiger partial charge in [0.15, 0.2) is 16.3 Å². The first kappa shape index (κ1) is 32.3. The Morgan fingerprint density at radius 1 is 1.07 bits per heavy atom. The van der Waals surface area contributed by atoms with Crippen LogP contribution in [0.4, 0.5) is 0 Å². The van der Waals surface area contributed by atoms with Gasteiger partial charge in [0, 0.05) is 22.2 Å². The van der Waals surface area contributed by atoms with Gasteiger partial charge in [0.2, 0.25) is 0 Å². The summed E-state index contributed by atoms with van der Waals surface area (Å²) in [5, 5.41) is 0.603. The first-order chi connectivity index (χ1) is 21.7. The summed E-state index contributed by atoms with van der Waals surface area (Å²) in [6.45, 7) is 3.87. The van der Waals surface area contributed by atoms with Gasteiger partial charge in [-0.25, -0.2) is 9.79 Å². The average molecular weight is 714 g/mol. The van der Waals surface area contributed by atoms with Crippen LogP contribution in [0.3, 0.4) is 0 Å². The van der Waals surface area contributed by atoms with E-state index in [2.05, 4.69) is 20.9 Å². The Morgan fingerprint density at radius 2 is 1.82 bits per heavy atom. The fraction of sp³-hybridized carbons (Fsp3) is 0.242. The molecule has 0 N–H and O–H groups in total. The van der Waals surface area contributed by atoms with Gasteiger partial charge < -0.3 is 23.7 Å². The van der Waals surface area contributed by atoms with Crippen molar-refractivity contribution in [3.63, 3.8) is 0 Å². The Hall–Kier alpha value is -4.06. The highest BCUT2D eigenvalue weighted by Crippen LogP contribution is 2.39. The zero-order chi connectivity index (χ0) is 32.2. The highest BCUT2D eigenvalue weighted by atomic mass is 79.9. The van der Waals surface area contributed by atoms with E-state index in [4.69, 9.17) is 35.3 Å². The molecule has 0 unspecified atom stereocenters. The number of carbonyl (C=O) groups excluding carboxylic acids is 1. The van der Waals surface area contributed by atoms with E-state index >= 15 is 0 Å². The number of halogens is 2.